The molecule has 0 aliphatic rings. The number of hydrogen-bond donors (Lipinski definition) is 2. The summed E-state index contributed by atoms with van der Waals surface area (Å²) in [5.41, 5.74) is 9.75. The topological polar surface area (TPSA) is 64.3 Å². The lowest BCUT2D eigenvalue weighted by Gasteiger charge is -2.23. The number of anilines is 2. The molecular formula is C23H24N2O2. The minimum atomic E-state index is -0.389. The predicted molar refractivity (Wildman–Crippen MR) is 110 cm³/mol. The van der Waals surface area contributed by atoms with Crippen LogP contribution in [-0.2, 0) is 4.74 Å². The Labute approximate surface area is 160 Å². The molecule has 3 rings (SSSR count). The summed E-state index contributed by atoms with van der Waals surface area (Å²) >= 11 is 0. The van der Waals surface area contributed by atoms with Gasteiger partial charge >= 0.3 is 5.97 Å². The van der Waals surface area contributed by atoms with Crippen molar-refractivity contribution in [2.24, 2.45) is 0 Å². The average Bonchev–Trinajstić information content (AvgIpc) is 2.68. The SMILES string of the molecule is CC(C)OC(=O)c1cc(N)ccc1NC(c1ccccc1)c1ccccc1. The van der Waals surface area contributed by atoms with E-state index in [1.807, 2.05) is 56.3 Å². The lowest BCUT2D eigenvalue weighted by Crippen LogP contribution is -2.17. The van der Waals surface area contributed by atoms with Gasteiger partial charge in [0.15, 0.2) is 0 Å². The maximum absolute atomic E-state index is 12.6. The molecule has 0 spiro atoms. The van der Waals surface area contributed by atoms with Gasteiger partial charge in [-0.15, -0.1) is 0 Å². The lowest BCUT2D eigenvalue weighted by molar-refractivity contribution is 0.0379. The summed E-state index contributed by atoms with van der Waals surface area (Å²) in [4.78, 5) is 12.6. The highest BCUT2D eigenvalue weighted by Crippen LogP contribution is 2.29. The van der Waals surface area contributed by atoms with Gasteiger partial charge < -0.3 is 15.8 Å². The van der Waals surface area contributed by atoms with Crippen molar-refractivity contribution in [3.8, 4) is 0 Å². The summed E-state index contributed by atoms with van der Waals surface area (Å²) in [7, 11) is 0. The number of rotatable bonds is 6. The van der Waals surface area contributed by atoms with Gasteiger partial charge in [-0.2, -0.15) is 0 Å². The van der Waals surface area contributed by atoms with Crippen LogP contribution in [-0.4, -0.2) is 12.1 Å². The fourth-order valence-electron chi connectivity index (χ4n) is 2.94. The van der Waals surface area contributed by atoms with E-state index in [4.69, 9.17) is 10.5 Å². The summed E-state index contributed by atoms with van der Waals surface area (Å²) in [6.07, 6.45) is -0.203. The first-order chi connectivity index (χ1) is 13.0. The Morgan fingerprint density at radius 3 is 1.96 bits per heavy atom. The highest BCUT2D eigenvalue weighted by Gasteiger charge is 2.19. The number of hydrogen-bond acceptors (Lipinski definition) is 4. The van der Waals surface area contributed by atoms with Crippen molar-refractivity contribution < 1.29 is 9.53 Å². The summed E-state index contributed by atoms with van der Waals surface area (Å²) < 4.78 is 5.39. The molecule has 3 aromatic rings. The smallest absolute Gasteiger partial charge is 0.340 e. The Bertz CT molecular complexity index is 853. The molecule has 0 saturated heterocycles. The van der Waals surface area contributed by atoms with Crippen molar-refractivity contribution >= 4 is 17.3 Å². The van der Waals surface area contributed by atoms with E-state index in [9.17, 15) is 4.79 Å². The first-order valence-corrected chi connectivity index (χ1v) is 9.01. The molecule has 0 heterocycles. The fourth-order valence-corrected chi connectivity index (χ4v) is 2.94. The van der Waals surface area contributed by atoms with Crippen LogP contribution in [0.15, 0.2) is 78.9 Å². The number of carbonyl (C=O) groups excluding carboxylic acids is 1. The van der Waals surface area contributed by atoms with Crippen molar-refractivity contribution in [1.29, 1.82) is 0 Å². The van der Waals surface area contributed by atoms with Crippen LogP contribution in [0, 0.1) is 0 Å². The molecule has 0 aliphatic heterocycles. The van der Waals surface area contributed by atoms with Crippen molar-refractivity contribution in [1.82, 2.24) is 0 Å². The largest absolute Gasteiger partial charge is 0.459 e. The molecule has 3 aromatic carbocycles. The molecule has 0 saturated carbocycles. The monoisotopic (exact) mass is 360 g/mol. The van der Waals surface area contributed by atoms with Crippen molar-refractivity contribution in [3.05, 3.63) is 95.6 Å². The quantitative estimate of drug-likeness (QED) is 0.478. The van der Waals surface area contributed by atoms with Crippen LogP contribution in [0.2, 0.25) is 0 Å². The standard InChI is InChI=1S/C23H24N2O2/c1-16(2)27-23(26)20-15-19(24)13-14-21(20)25-22(17-9-5-3-6-10-17)18-11-7-4-8-12-18/h3-16,22,25H,24H2,1-2H3. The molecule has 0 aromatic heterocycles. The van der Waals surface area contributed by atoms with Crippen LogP contribution in [0.25, 0.3) is 0 Å². The van der Waals surface area contributed by atoms with Crippen molar-refractivity contribution in [2.75, 3.05) is 11.1 Å². The first-order valence-electron chi connectivity index (χ1n) is 9.01. The molecule has 3 N–H and O–H groups in total. The predicted octanol–water partition coefficient (Wildman–Crippen LogP) is 5.04. The fraction of sp³-hybridized carbons (Fsp3) is 0.174. The number of nitrogens with one attached hydrogen (secondary N) is 1. The second kappa shape index (κ2) is 8.41. The summed E-state index contributed by atoms with van der Waals surface area (Å²) in [6.45, 7) is 3.65. The lowest BCUT2D eigenvalue weighted by atomic mass is 9.98. The highest BCUT2D eigenvalue weighted by molar-refractivity contribution is 5.97. The minimum Gasteiger partial charge on any atom is -0.459 e. The first kappa shape index (κ1) is 18.5. The number of ether oxygens (including phenoxy) is 1. The molecule has 0 aliphatic carbocycles. The van der Waals surface area contributed by atoms with Gasteiger partial charge in [0.2, 0.25) is 0 Å². The number of carbonyl (C=O) groups is 1. The number of nitrogens with two attached hydrogens (primary N) is 1. The molecule has 138 valence electrons. The Morgan fingerprint density at radius 1 is 0.889 bits per heavy atom. The zero-order chi connectivity index (χ0) is 19.2. The third-order valence-electron chi connectivity index (χ3n) is 4.17. The molecule has 0 bridgehead atoms. The van der Waals surface area contributed by atoms with Crippen LogP contribution < -0.4 is 11.1 Å². The van der Waals surface area contributed by atoms with Crippen LogP contribution in [0.4, 0.5) is 11.4 Å². The Balaban J connectivity index is 2.01. The van der Waals surface area contributed by atoms with E-state index in [1.54, 1.807) is 12.1 Å². The molecule has 0 atom stereocenters. The summed E-state index contributed by atoms with van der Waals surface area (Å²) in [6, 6.07) is 25.4. The molecule has 4 nitrogen and oxygen atoms in total. The van der Waals surface area contributed by atoms with Crippen LogP contribution in [0.5, 0.6) is 0 Å². The zero-order valence-corrected chi connectivity index (χ0v) is 15.6. The molecule has 0 fully saturated rings. The Hall–Kier alpha value is -3.27. The van der Waals surface area contributed by atoms with Gasteiger partial charge in [-0.25, -0.2) is 4.79 Å². The van der Waals surface area contributed by atoms with Gasteiger partial charge in [-0.3, -0.25) is 0 Å². The zero-order valence-electron chi connectivity index (χ0n) is 15.6. The number of benzene rings is 3. The Morgan fingerprint density at radius 2 is 1.44 bits per heavy atom. The molecule has 0 radical (unpaired) electrons. The molecule has 0 amide bonds. The average molecular weight is 360 g/mol. The normalized spacial score (nSPS) is 10.8. The Kier molecular flexibility index (Phi) is 5.77. The van der Waals surface area contributed by atoms with Gasteiger partial charge in [0, 0.05) is 11.4 Å². The van der Waals surface area contributed by atoms with E-state index in [0.717, 1.165) is 11.1 Å². The summed E-state index contributed by atoms with van der Waals surface area (Å²) in [5, 5.41) is 3.51. The number of nitrogen functional groups attached to an aromatic ring is 1. The molecule has 4 heteroatoms. The minimum absolute atomic E-state index is 0.110. The maximum atomic E-state index is 12.6. The van der Waals surface area contributed by atoms with Crippen LogP contribution >= 0.6 is 0 Å². The molecule has 0 unspecified atom stereocenters. The third kappa shape index (κ3) is 4.67. The third-order valence-corrected chi connectivity index (χ3v) is 4.17. The number of esters is 1. The maximum Gasteiger partial charge on any atom is 0.340 e. The van der Waals surface area contributed by atoms with Crippen molar-refractivity contribution in [3.63, 3.8) is 0 Å². The van der Waals surface area contributed by atoms with Crippen molar-refractivity contribution in [2.45, 2.75) is 26.0 Å². The second-order valence-corrected chi connectivity index (χ2v) is 6.66. The summed E-state index contributed by atoms with van der Waals surface area (Å²) in [5.74, 6) is -0.389. The molecule has 27 heavy (non-hydrogen) atoms. The van der Waals surface area contributed by atoms with Crippen LogP contribution in [0.3, 0.4) is 0 Å². The van der Waals surface area contributed by atoms with E-state index in [1.165, 1.54) is 0 Å². The van der Waals surface area contributed by atoms with Crippen LogP contribution in [0.1, 0.15) is 41.4 Å². The van der Waals surface area contributed by atoms with Gasteiger partial charge in [0.05, 0.1) is 17.7 Å². The van der Waals surface area contributed by atoms with Gasteiger partial charge in [-0.05, 0) is 43.2 Å². The van der Waals surface area contributed by atoms with E-state index in [-0.39, 0.29) is 18.1 Å². The van der Waals surface area contributed by atoms with Gasteiger partial charge in [0.1, 0.15) is 0 Å². The van der Waals surface area contributed by atoms with Gasteiger partial charge in [0.25, 0.3) is 0 Å². The van der Waals surface area contributed by atoms with E-state index in [0.29, 0.717) is 16.9 Å². The van der Waals surface area contributed by atoms with E-state index >= 15 is 0 Å². The highest BCUT2D eigenvalue weighted by atomic mass is 16.5. The van der Waals surface area contributed by atoms with Gasteiger partial charge in [-0.1, -0.05) is 60.7 Å². The molecular weight excluding hydrogens is 336 g/mol. The van der Waals surface area contributed by atoms with E-state index in [2.05, 4.69) is 29.6 Å². The second-order valence-electron chi connectivity index (χ2n) is 6.66. The van der Waals surface area contributed by atoms with E-state index < -0.39 is 0 Å².